The number of nitrogens with one attached hydrogen (secondary N) is 1. The third-order valence-electron chi connectivity index (χ3n) is 5.63. The maximum absolute atomic E-state index is 13.1. The van der Waals surface area contributed by atoms with Crippen LogP contribution in [0, 0.1) is 11.3 Å². The van der Waals surface area contributed by atoms with E-state index in [1.807, 2.05) is 48.5 Å². The minimum absolute atomic E-state index is 0.115. The monoisotopic (exact) mass is 442 g/mol. The van der Waals surface area contributed by atoms with Gasteiger partial charge >= 0.3 is 0 Å². The van der Waals surface area contributed by atoms with Crippen molar-refractivity contribution >= 4 is 23.4 Å². The molecule has 1 aliphatic heterocycles. The summed E-state index contributed by atoms with van der Waals surface area (Å²) in [5.74, 6) is -0.115. The summed E-state index contributed by atoms with van der Waals surface area (Å²) in [7, 11) is 2.15. The molecular weight excluding hydrogens is 416 g/mol. The minimum atomic E-state index is -0.115. The van der Waals surface area contributed by atoms with Gasteiger partial charge in [-0.15, -0.1) is 0 Å². The molecule has 0 bridgehead atoms. The molecule has 3 aromatic carbocycles. The SMILES string of the molecule is CN1CCN(c2ccccc2CNC(=O)c2ccccc2Sc2ccccc2C#N)CC1. The highest BCUT2D eigenvalue weighted by Gasteiger charge is 2.18. The van der Waals surface area contributed by atoms with Crippen molar-refractivity contribution in [3.8, 4) is 6.07 Å². The maximum Gasteiger partial charge on any atom is 0.252 e. The molecule has 32 heavy (non-hydrogen) atoms. The van der Waals surface area contributed by atoms with Crippen molar-refractivity contribution in [1.82, 2.24) is 10.2 Å². The average molecular weight is 443 g/mol. The summed E-state index contributed by atoms with van der Waals surface area (Å²) >= 11 is 1.45. The Labute approximate surface area is 193 Å². The second kappa shape index (κ2) is 10.4. The van der Waals surface area contributed by atoms with Crippen LogP contribution in [0.15, 0.2) is 82.6 Å². The van der Waals surface area contributed by atoms with Gasteiger partial charge in [0.05, 0.1) is 11.1 Å². The zero-order chi connectivity index (χ0) is 22.3. The van der Waals surface area contributed by atoms with E-state index >= 15 is 0 Å². The Kier molecular flexibility index (Phi) is 7.10. The molecule has 0 unspecified atom stereocenters. The molecule has 1 aliphatic rings. The number of amides is 1. The van der Waals surface area contributed by atoms with Crippen LogP contribution >= 0.6 is 11.8 Å². The molecule has 3 aromatic rings. The van der Waals surface area contributed by atoms with Gasteiger partial charge in [0.1, 0.15) is 6.07 Å². The highest BCUT2D eigenvalue weighted by molar-refractivity contribution is 7.99. The van der Waals surface area contributed by atoms with E-state index in [-0.39, 0.29) is 5.91 Å². The minimum Gasteiger partial charge on any atom is -0.369 e. The normalized spacial score (nSPS) is 14.1. The van der Waals surface area contributed by atoms with Crippen molar-refractivity contribution in [2.75, 3.05) is 38.1 Å². The van der Waals surface area contributed by atoms with E-state index in [0.717, 1.165) is 41.5 Å². The number of nitriles is 1. The fraction of sp³-hybridized carbons (Fsp3) is 0.231. The molecule has 162 valence electrons. The summed E-state index contributed by atoms with van der Waals surface area (Å²) in [6, 6.07) is 25.5. The van der Waals surface area contributed by atoms with Crippen LogP contribution in [0.3, 0.4) is 0 Å². The Morgan fingerprint density at radius 1 is 0.938 bits per heavy atom. The van der Waals surface area contributed by atoms with Gasteiger partial charge in [0.2, 0.25) is 0 Å². The number of carbonyl (C=O) groups is 1. The van der Waals surface area contributed by atoms with Gasteiger partial charge in [-0.25, -0.2) is 0 Å². The van der Waals surface area contributed by atoms with Gasteiger partial charge in [-0.1, -0.05) is 54.2 Å². The summed E-state index contributed by atoms with van der Waals surface area (Å²) in [5.41, 5.74) is 3.52. The van der Waals surface area contributed by atoms with Crippen molar-refractivity contribution in [1.29, 1.82) is 5.26 Å². The Morgan fingerprint density at radius 3 is 2.38 bits per heavy atom. The lowest BCUT2D eigenvalue weighted by Crippen LogP contribution is -2.45. The van der Waals surface area contributed by atoms with Crippen molar-refractivity contribution in [2.24, 2.45) is 0 Å². The second-order valence-corrected chi connectivity index (χ2v) is 8.89. The molecule has 0 saturated carbocycles. The molecule has 5 nitrogen and oxygen atoms in total. The number of likely N-dealkylation sites (N-methyl/N-ethyl adjacent to an activating group) is 1. The molecule has 1 fully saturated rings. The van der Waals surface area contributed by atoms with E-state index in [4.69, 9.17) is 0 Å². The van der Waals surface area contributed by atoms with E-state index in [0.29, 0.717) is 17.7 Å². The van der Waals surface area contributed by atoms with Crippen molar-refractivity contribution in [3.05, 3.63) is 89.5 Å². The van der Waals surface area contributed by atoms with Gasteiger partial charge in [0.25, 0.3) is 5.91 Å². The number of para-hydroxylation sites is 1. The Hall–Kier alpha value is -3.27. The predicted molar refractivity (Wildman–Crippen MR) is 129 cm³/mol. The van der Waals surface area contributed by atoms with Crippen LogP contribution in [-0.2, 0) is 6.54 Å². The largest absolute Gasteiger partial charge is 0.369 e. The van der Waals surface area contributed by atoms with Crippen LogP contribution in [0.1, 0.15) is 21.5 Å². The number of hydrogen-bond acceptors (Lipinski definition) is 5. The smallest absolute Gasteiger partial charge is 0.252 e. The maximum atomic E-state index is 13.1. The zero-order valence-electron chi connectivity index (χ0n) is 18.1. The van der Waals surface area contributed by atoms with E-state index in [1.165, 1.54) is 17.4 Å². The molecule has 0 aromatic heterocycles. The zero-order valence-corrected chi connectivity index (χ0v) is 18.9. The summed E-state index contributed by atoms with van der Waals surface area (Å²) in [6.07, 6.45) is 0. The highest BCUT2D eigenvalue weighted by atomic mass is 32.2. The third-order valence-corrected chi connectivity index (χ3v) is 6.79. The van der Waals surface area contributed by atoms with Gasteiger partial charge in [-0.3, -0.25) is 4.79 Å². The Balaban J connectivity index is 1.49. The van der Waals surface area contributed by atoms with E-state index < -0.39 is 0 Å². The topological polar surface area (TPSA) is 59.4 Å². The molecule has 1 heterocycles. The van der Waals surface area contributed by atoms with E-state index in [1.54, 1.807) is 6.07 Å². The Bertz CT molecular complexity index is 1130. The number of benzene rings is 3. The molecule has 1 N–H and O–H groups in total. The highest BCUT2D eigenvalue weighted by Crippen LogP contribution is 2.32. The lowest BCUT2D eigenvalue weighted by Gasteiger charge is -2.35. The first-order valence-electron chi connectivity index (χ1n) is 10.7. The Morgan fingerprint density at radius 2 is 1.59 bits per heavy atom. The number of nitrogens with zero attached hydrogens (tertiary/aromatic N) is 3. The van der Waals surface area contributed by atoms with Gasteiger partial charge in [-0.2, -0.15) is 5.26 Å². The quantitative estimate of drug-likeness (QED) is 0.614. The summed E-state index contributed by atoms with van der Waals surface area (Å²) < 4.78 is 0. The van der Waals surface area contributed by atoms with Crippen molar-refractivity contribution < 1.29 is 4.79 Å². The number of hydrogen-bond donors (Lipinski definition) is 1. The van der Waals surface area contributed by atoms with Crippen LogP contribution in [0.2, 0.25) is 0 Å². The molecule has 1 saturated heterocycles. The van der Waals surface area contributed by atoms with Crippen molar-refractivity contribution in [3.63, 3.8) is 0 Å². The first kappa shape index (κ1) is 21.9. The predicted octanol–water partition coefficient (Wildman–Crippen LogP) is 4.39. The third kappa shape index (κ3) is 5.13. The average Bonchev–Trinajstić information content (AvgIpc) is 2.84. The number of rotatable bonds is 6. The summed E-state index contributed by atoms with van der Waals surface area (Å²) in [5, 5.41) is 12.5. The fourth-order valence-corrected chi connectivity index (χ4v) is 4.82. The molecule has 0 aliphatic carbocycles. The lowest BCUT2D eigenvalue weighted by molar-refractivity contribution is 0.0948. The van der Waals surface area contributed by atoms with Gasteiger partial charge in [0, 0.05) is 48.2 Å². The molecule has 0 radical (unpaired) electrons. The van der Waals surface area contributed by atoms with Crippen LogP contribution in [0.5, 0.6) is 0 Å². The molecule has 6 heteroatoms. The van der Waals surface area contributed by atoms with Gasteiger partial charge < -0.3 is 15.1 Å². The standard InChI is InChI=1S/C26H26N4OS/c1-29-14-16-30(17-15-29)23-11-5-2-9-21(23)19-28-26(31)22-10-4-7-13-25(22)32-24-12-6-3-8-20(24)18-27/h2-13H,14-17,19H2,1H3,(H,28,31). The first-order valence-corrected chi connectivity index (χ1v) is 11.5. The van der Waals surface area contributed by atoms with E-state index in [9.17, 15) is 10.1 Å². The van der Waals surface area contributed by atoms with Crippen molar-refractivity contribution in [2.45, 2.75) is 16.3 Å². The second-order valence-electron chi connectivity index (χ2n) is 7.81. The van der Waals surface area contributed by atoms with Crippen LogP contribution in [-0.4, -0.2) is 44.0 Å². The molecule has 0 atom stereocenters. The molecule has 4 rings (SSSR count). The summed E-state index contributed by atoms with van der Waals surface area (Å²) in [6.45, 7) is 4.51. The van der Waals surface area contributed by atoms with Gasteiger partial charge in [0.15, 0.2) is 0 Å². The van der Waals surface area contributed by atoms with E-state index in [2.05, 4.69) is 46.4 Å². The lowest BCUT2D eigenvalue weighted by atomic mass is 10.1. The van der Waals surface area contributed by atoms with Gasteiger partial charge in [-0.05, 0) is 42.9 Å². The number of carbonyl (C=O) groups excluding carboxylic acids is 1. The fourth-order valence-electron chi connectivity index (χ4n) is 3.80. The first-order chi connectivity index (χ1) is 15.7. The van der Waals surface area contributed by atoms with Crippen LogP contribution < -0.4 is 10.2 Å². The number of anilines is 1. The molecule has 0 spiro atoms. The summed E-state index contributed by atoms with van der Waals surface area (Å²) in [4.78, 5) is 19.5. The van der Waals surface area contributed by atoms with Crippen LogP contribution in [0.4, 0.5) is 5.69 Å². The number of piperazine rings is 1. The van der Waals surface area contributed by atoms with Crippen LogP contribution in [0.25, 0.3) is 0 Å². The molecular formula is C26H26N4OS. The molecule has 1 amide bonds.